The number of aromatic nitrogens is 2. The lowest BCUT2D eigenvalue weighted by molar-refractivity contribution is -0.125. The second-order valence-electron chi connectivity index (χ2n) is 8.04. The number of carbonyl (C=O) groups excluding carboxylic acids is 2. The van der Waals surface area contributed by atoms with E-state index in [1.807, 2.05) is 60.7 Å². The Morgan fingerprint density at radius 1 is 1.09 bits per heavy atom. The van der Waals surface area contributed by atoms with Gasteiger partial charge in [-0.05, 0) is 36.8 Å². The number of nitrogens with zero attached hydrogens (tertiary/aromatic N) is 5. The number of benzene rings is 2. The molecule has 33 heavy (non-hydrogen) atoms. The first kappa shape index (κ1) is 20.7. The molecule has 1 aromatic heterocycles. The predicted molar refractivity (Wildman–Crippen MR) is 127 cm³/mol. The van der Waals surface area contributed by atoms with Crippen LogP contribution in [-0.2, 0) is 11.3 Å². The van der Waals surface area contributed by atoms with Gasteiger partial charge in [0.15, 0.2) is 0 Å². The third kappa shape index (κ3) is 4.03. The molecule has 3 heterocycles. The van der Waals surface area contributed by atoms with Crippen LogP contribution in [-0.4, -0.2) is 45.9 Å². The van der Waals surface area contributed by atoms with Crippen LogP contribution < -0.4 is 15.1 Å². The summed E-state index contributed by atoms with van der Waals surface area (Å²) in [6.45, 7) is 4.97. The average molecular weight is 441 g/mol. The van der Waals surface area contributed by atoms with Crippen LogP contribution >= 0.6 is 0 Å². The molecule has 2 aliphatic heterocycles. The van der Waals surface area contributed by atoms with Gasteiger partial charge < -0.3 is 10.2 Å². The Hall–Kier alpha value is -4.20. The van der Waals surface area contributed by atoms with E-state index < -0.39 is 0 Å². The smallest absolute Gasteiger partial charge is 0.330 e. The summed E-state index contributed by atoms with van der Waals surface area (Å²) < 4.78 is 0. The van der Waals surface area contributed by atoms with Crippen LogP contribution in [0.5, 0.6) is 0 Å². The Balaban J connectivity index is 1.52. The molecule has 2 aromatic carbocycles. The van der Waals surface area contributed by atoms with Gasteiger partial charge in [-0.1, -0.05) is 43.0 Å². The number of fused-ring (bicyclic) bond motifs is 1. The van der Waals surface area contributed by atoms with Gasteiger partial charge in [0.2, 0.25) is 11.9 Å². The van der Waals surface area contributed by atoms with Crippen LogP contribution in [0.15, 0.2) is 79.5 Å². The van der Waals surface area contributed by atoms with Gasteiger partial charge in [0, 0.05) is 36.2 Å². The Morgan fingerprint density at radius 2 is 1.82 bits per heavy atom. The molecule has 0 aliphatic carbocycles. The molecular formula is C25H24N6O2. The second kappa shape index (κ2) is 8.74. The number of amides is 3. The zero-order valence-corrected chi connectivity index (χ0v) is 18.1. The van der Waals surface area contributed by atoms with E-state index in [2.05, 4.69) is 16.9 Å². The van der Waals surface area contributed by atoms with Crippen molar-refractivity contribution in [3.63, 3.8) is 0 Å². The zero-order valence-electron chi connectivity index (χ0n) is 18.1. The molecule has 1 fully saturated rings. The van der Waals surface area contributed by atoms with E-state index in [9.17, 15) is 9.59 Å². The highest BCUT2D eigenvalue weighted by Crippen LogP contribution is 2.34. The molecule has 8 nitrogen and oxygen atoms in total. The highest BCUT2D eigenvalue weighted by Gasteiger charge is 2.40. The van der Waals surface area contributed by atoms with Crippen molar-refractivity contribution in [3.05, 3.63) is 85.1 Å². The van der Waals surface area contributed by atoms with Gasteiger partial charge in [-0.3, -0.25) is 14.6 Å². The van der Waals surface area contributed by atoms with Gasteiger partial charge in [0.05, 0.1) is 12.6 Å². The minimum Gasteiger partial charge on any atom is -0.337 e. The summed E-state index contributed by atoms with van der Waals surface area (Å²) >= 11 is 0. The molecule has 166 valence electrons. The SMILES string of the molecule is C=CC(=O)N1CCC(N2C(=O)N(c3ccccc3)Cc3cnc(Nc4ccccc4)nc32)C1. The van der Waals surface area contributed by atoms with Crippen LogP contribution in [0.4, 0.5) is 27.9 Å². The standard InChI is InChI=1S/C25H24N6O2/c1-2-22(32)29-14-13-21(17-29)31-23-18(16-30(25(31)33)20-11-7-4-8-12-20)15-26-24(28-23)27-19-9-5-3-6-10-19/h2-12,15,21H,1,13-14,16-17H2,(H,26,27,28). The zero-order chi connectivity index (χ0) is 22.8. The fourth-order valence-electron chi connectivity index (χ4n) is 4.31. The van der Waals surface area contributed by atoms with Crippen LogP contribution in [0.25, 0.3) is 0 Å². The molecule has 1 unspecified atom stereocenters. The van der Waals surface area contributed by atoms with Crippen molar-refractivity contribution in [2.24, 2.45) is 0 Å². The first-order valence-corrected chi connectivity index (χ1v) is 10.9. The van der Waals surface area contributed by atoms with Crippen molar-refractivity contribution >= 4 is 35.1 Å². The summed E-state index contributed by atoms with van der Waals surface area (Å²) in [5.41, 5.74) is 2.52. The largest absolute Gasteiger partial charge is 0.337 e. The lowest BCUT2D eigenvalue weighted by atomic mass is 10.1. The van der Waals surface area contributed by atoms with E-state index in [-0.39, 0.29) is 18.0 Å². The number of carbonyl (C=O) groups is 2. The number of nitrogens with one attached hydrogen (secondary N) is 1. The molecule has 0 radical (unpaired) electrons. The van der Waals surface area contributed by atoms with Crippen LogP contribution in [0.2, 0.25) is 0 Å². The molecule has 8 heteroatoms. The van der Waals surface area contributed by atoms with Gasteiger partial charge in [-0.15, -0.1) is 0 Å². The third-order valence-corrected chi connectivity index (χ3v) is 5.95. The fourth-order valence-corrected chi connectivity index (χ4v) is 4.31. The molecule has 0 bridgehead atoms. The molecule has 3 aromatic rings. The summed E-state index contributed by atoms with van der Waals surface area (Å²) in [7, 11) is 0. The number of hydrogen-bond donors (Lipinski definition) is 1. The van der Waals surface area contributed by atoms with Gasteiger partial charge in [0.25, 0.3) is 0 Å². The Morgan fingerprint density at radius 3 is 2.55 bits per heavy atom. The number of para-hydroxylation sites is 2. The monoisotopic (exact) mass is 440 g/mol. The maximum atomic E-state index is 13.7. The average Bonchev–Trinajstić information content (AvgIpc) is 3.34. The molecule has 3 amide bonds. The Kier molecular flexibility index (Phi) is 5.48. The molecule has 1 atom stereocenters. The van der Waals surface area contributed by atoms with Crippen molar-refractivity contribution in [1.82, 2.24) is 14.9 Å². The molecule has 0 spiro atoms. The van der Waals surface area contributed by atoms with E-state index in [4.69, 9.17) is 4.98 Å². The van der Waals surface area contributed by atoms with Crippen molar-refractivity contribution in [3.8, 4) is 0 Å². The lowest BCUT2D eigenvalue weighted by Gasteiger charge is -2.39. The van der Waals surface area contributed by atoms with Crippen LogP contribution in [0.1, 0.15) is 12.0 Å². The minimum atomic E-state index is -0.189. The van der Waals surface area contributed by atoms with E-state index in [0.29, 0.717) is 37.8 Å². The summed E-state index contributed by atoms with van der Waals surface area (Å²) in [6.07, 6.45) is 3.75. The van der Waals surface area contributed by atoms with E-state index in [1.54, 1.807) is 20.9 Å². The summed E-state index contributed by atoms with van der Waals surface area (Å²) in [5, 5.41) is 3.21. The van der Waals surface area contributed by atoms with Crippen LogP contribution in [0, 0.1) is 0 Å². The lowest BCUT2D eigenvalue weighted by Crippen LogP contribution is -2.53. The Labute approximate surface area is 192 Å². The van der Waals surface area contributed by atoms with Crippen LogP contribution in [0.3, 0.4) is 0 Å². The van der Waals surface area contributed by atoms with E-state index in [0.717, 1.165) is 16.9 Å². The normalized spacial score (nSPS) is 17.6. The molecule has 0 saturated carbocycles. The molecule has 1 N–H and O–H groups in total. The van der Waals surface area contributed by atoms with Gasteiger partial charge >= 0.3 is 6.03 Å². The van der Waals surface area contributed by atoms with Gasteiger partial charge in [-0.25, -0.2) is 9.78 Å². The summed E-state index contributed by atoms with van der Waals surface area (Å²) in [5.74, 6) is 0.873. The van der Waals surface area contributed by atoms with Crippen molar-refractivity contribution in [2.75, 3.05) is 28.2 Å². The molecule has 2 aliphatic rings. The topological polar surface area (TPSA) is 81.7 Å². The minimum absolute atomic E-state index is 0.129. The number of likely N-dealkylation sites (tertiary alicyclic amines) is 1. The highest BCUT2D eigenvalue weighted by molar-refractivity contribution is 6.06. The Bertz CT molecular complexity index is 1180. The third-order valence-electron chi connectivity index (χ3n) is 5.95. The molecular weight excluding hydrogens is 416 g/mol. The van der Waals surface area contributed by atoms with Crippen molar-refractivity contribution in [1.29, 1.82) is 0 Å². The number of urea groups is 1. The molecule has 1 saturated heterocycles. The predicted octanol–water partition coefficient (Wildman–Crippen LogP) is 3.95. The van der Waals surface area contributed by atoms with E-state index in [1.165, 1.54) is 6.08 Å². The van der Waals surface area contributed by atoms with Gasteiger partial charge in [0.1, 0.15) is 5.82 Å². The quantitative estimate of drug-likeness (QED) is 0.608. The summed E-state index contributed by atoms with van der Waals surface area (Å²) in [6, 6.07) is 18.9. The maximum Gasteiger partial charge on any atom is 0.330 e. The first-order valence-electron chi connectivity index (χ1n) is 10.9. The number of anilines is 4. The van der Waals surface area contributed by atoms with Crippen molar-refractivity contribution in [2.45, 2.75) is 19.0 Å². The first-order chi connectivity index (χ1) is 16.1. The fraction of sp³-hybridized carbons (Fsp3) is 0.200. The number of rotatable bonds is 5. The van der Waals surface area contributed by atoms with E-state index >= 15 is 0 Å². The highest BCUT2D eigenvalue weighted by atomic mass is 16.2. The van der Waals surface area contributed by atoms with Gasteiger partial charge in [-0.2, -0.15) is 4.98 Å². The number of hydrogen-bond acceptors (Lipinski definition) is 5. The molecule has 5 rings (SSSR count). The summed E-state index contributed by atoms with van der Waals surface area (Å²) in [4.78, 5) is 40.3. The second-order valence-corrected chi connectivity index (χ2v) is 8.04. The maximum absolute atomic E-state index is 13.7. The van der Waals surface area contributed by atoms with Crippen molar-refractivity contribution < 1.29 is 9.59 Å².